The van der Waals surface area contributed by atoms with E-state index in [4.69, 9.17) is 0 Å². The third-order valence-electron chi connectivity index (χ3n) is 3.95. The molecule has 2 heterocycles. The van der Waals surface area contributed by atoms with Crippen LogP contribution in [0.5, 0.6) is 0 Å². The van der Waals surface area contributed by atoms with Crippen molar-refractivity contribution in [1.29, 1.82) is 0 Å². The number of carbonyl (C=O) groups excluding carboxylic acids is 2. The fourth-order valence-electron chi connectivity index (χ4n) is 2.51. The zero-order chi connectivity index (χ0) is 17.9. The van der Waals surface area contributed by atoms with Crippen molar-refractivity contribution in [3.05, 3.63) is 58.4 Å². The number of rotatable bonds is 6. The summed E-state index contributed by atoms with van der Waals surface area (Å²) >= 11 is 3.17. The highest BCUT2D eigenvalue weighted by atomic mass is 32.1. The van der Waals surface area contributed by atoms with Crippen LogP contribution in [0, 0.1) is 0 Å². The standard InChI is InChI=1S/C19H17N3O2S2/c23-17(10-15-11-26-19(22-15)16-5-2-8-25-16)20-14-4-1-3-12(9-14)18(24)21-13-6-7-13/h1-5,8-9,11,13H,6-7,10H2,(H,20,23)(H,21,24). The molecule has 3 aromatic rings. The number of benzene rings is 1. The number of nitrogens with zero attached hydrogens (tertiary/aromatic N) is 1. The first-order chi connectivity index (χ1) is 12.7. The topological polar surface area (TPSA) is 71.1 Å². The van der Waals surface area contributed by atoms with Crippen LogP contribution in [-0.4, -0.2) is 22.8 Å². The Balaban J connectivity index is 1.38. The second kappa shape index (κ2) is 7.39. The Labute approximate surface area is 159 Å². The van der Waals surface area contributed by atoms with E-state index in [1.807, 2.05) is 22.9 Å². The first-order valence-corrected chi connectivity index (χ1v) is 10.1. The number of amides is 2. The van der Waals surface area contributed by atoms with E-state index >= 15 is 0 Å². The summed E-state index contributed by atoms with van der Waals surface area (Å²) in [4.78, 5) is 30.0. The molecular formula is C19H17N3O2S2. The monoisotopic (exact) mass is 383 g/mol. The molecule has 0 atom stereocenters. The van der Waals surface area contributed by atoms with Gasteiger partial charge in [-0.3, -0.25) is 9.59 Å². The van der Waals surface area contributed by atoms with Crippen LogP contribution in [-0.2, 0) is 11.2 Å². The van der Waals surface area contributed by atoms with E-state index < -0.39 is 0 Å². The second-order valence-electron chi connectivity index (χ2n) is 6.17. The van der Waals surface area contributed by atoms with Gasteiger partial charge in [-0.1, -0.05) is 12.1 Å². The maximum Gasteiger partial charge on any atom is 0.251 e. The van der Waals surface area contributed by atoms with E-state index in [2.05, 4.69) is 15.6 Å². The summed E-state index contributed by atoms with van der Waals surface area (Å²) < 4.78 is 0. The summed E-state index contributed by atoms with van der Waals surface area (Å²) in [6, 6.07) is 11.3. The number of hydrogen-bond acceptors (Lipinski definition) is 5. The molecule has 132 valence electrons. The lowest BCUT2D eigenvalue weighted by Gasteiger charge is -2.07. The van der Waals surface area contributed by atoms with E-state index in [-0.39, 0.29) is 18.2 Å². The lowest BCUT2D eigenvalue weighted by atomic mass is 10.2. The molecule has 2 aromatic heterocycles. The van der Waals surface area contributed by atoms with Gasteiger partial charge >= 0.3 is 0 Å². The van der Waals surface area contributed by atoms with Gasteiger partial charge in [0.2, 0.25) is 5.91 Å². The Morgan fingerprint density at radius 3 is 2.81 bits per heavy atom. The van der Waals surface area contributed by atoms with Gasteiger partial charge < -0.3 is 10.6 Å². The number of aromatic nitrogens is 1. The van der Waals surface area contributed by atoms with Gasteiger partial charge in [0.1, 0.15) is 5.01 Å². The van der Waals surface area contributed by atoms with E-state index in [0.717, 1.165) is 28.4 Å². The maximum atomic E-state index is 12.3. The summed E-state index contributed by atoms with van der Waals surface area (Å²) in [7, 11) is 0. The fourth-order valence-corrected chi connectivity index (χ4v) is 4.14. The lowest BCUT2D eigenvalue weighted by Crippen LogP contribution is -2.25. The number of nitrogens with one attached hydrogen (secondary N) is 2. The SMILES string of the molecule is O=C(Cc1csc(-c2cccs2)n1)Nc1cccc(C(=O)NC2CC2)c1. The van der Waals surface area contributed by atoms with E-state index in [1.165, 1.54) is 11.3 Å². The van der Waals surface area contributed by atoms with Crippen LogP contribution in [0.1, 0.15) is 28.9 Å². The number of thiazole rings is 1. The minimum absolute atomic E-state index is 0.0938. The van der Waals surface area contributed by atoms with Gasteiger partial charge in [0.25, 0.3) is 5.91 Å². The molecule has 2 N–H and O–H groups in total. The summed E-state index contributed by atoms with van der Waals surface area (Å²) in [5.74, 6) is -0.239. The molecule has 5 nitrogen and oxygen atoms in total. The van der Waals surface area contributed by atoms with Crippen LogP contribution in [0.4, 0.5) is 5.69 Å². The normalized spacial score (nSPS) is 13.4. The first kappa shape index (κ1) is 16.9. The van der Waals surface area contributed by atoms with Crippen molar-refractivity contribution in [2.24, 2.45) is 0 Å². The Bertz CT molecular complexity index is 930. The van der Waals surface area contributed by atoms with Gasteiger partial charge in [0.05, 0.1) is 17.0 Å². The molecule has 0 bridgehead atoms. The van der Waals surface area contributed by atoms with Crippen LogP contribution in [0.25, 0.3) is 9.88 Å². The molecule has 7 heteroatoms. The summed E-state index contributed by atoms with van der Waals surface area (Å²) in [6.07, 6.45) is 2.30. The number of thiophene rings is 1. The lowest BCUT2D eigenvalue weighted by molar-refractivity contribution is -0.115. The van der Waals surface area contributed by atoms with Crippen molar-refractivity contribution in [3.63, 3.8) is 0 Å². The maximum absolute atomic E-state index is 12.3. The first-order valence-electron chi connectivity index (χ1n) is 8.36. The smallest absolute Gasteiger partial charge is 0.251 e. The molecule has 0 aliphatic heterocycles. The number of hydrogen-bond donors (Lipinski definition) is 2. The highest BCUT2D eigenvalue weighted by Gasteiger charge is 2.23. The van der Waals surface area contributed by atoms with Crippen LogP contribution < -0.4 is 10.6 Å². The predicted molar refractivity (Wildman–Crippen MR) is 105 cm³/mol. The molecule has 0 unspecified atom stereocenters. The Kier molecular flexibility index (Phi) is 4.81. The average molecular weight is 383 g/mol. The third kappa shape index (κ3) is 4.17. The van der Waals surface area contributed by atoms with Gasteiger partial charge in [-0.25, -0.2) is 4.98 Å². The number of anilines is 1. The molecule has 26 heavy (non-hydrogen) atoms. The van der Waals surface area contributed by atoms with E-state index in [9.17, 15) is 9.59 Å². The second-order valence-corrected chi connectivity index (χ2v) is 7.98. The van der Waals surface area contributed by atoms with Crippen molar-refractivity contribution < 1.29 is 9.59 Å². The van der Waals surface area contributed by atoms with Crippen LogP contribution in [0.2, 0.25) is 0 Å². The average Bonchev–Trinajstić information content (AvgIpc) is 3.10. The van der Waals surface area contributed by atoms with E-state index in [1.54, 1.807) is 35.6 Å². The van der Waals surface area contributed by atoms with Crippen LogP contribution >= 0.6 is 22.7 Å². The molecule has 4 rings (SSSR count). The van der Waals surface area contributed by atoms with Crippen molar-refractivity contribution in [3.8, 4) is 9.88 Å². The number of carbonyl (C=O) groups is 2. The Morgan fingerprint density at radius 1 is 1.15 bits per heavy atom. The summed E-state index contributed by atoms with van der Waals surface area (Å²) in [5.41, 5.74) is 1.93. The van der Waals surface area contributed by atoms with Crippen LogP contribution in [0.3, 0.4) is 0 Å². The molecule has 1 aliphatic rings. The molecule has 1 aliphatic carbocycles. The highest BCUT2D eigenvalue weighted by Crippen LogP contribution is 2.28. The predicted octanol–water partition coefficient (Wildman–Crippen LogP) is 3.95. The Morgan fingerprint density at radius 2 is 2.04 bits per heavy atom. The molecule has 1 saturated carbocycles. The summed E-state index contributed by atoms with van der Waals surface area (Å²) in [5, 5.41) is 10.6. The van der Waals surface area contributed by atoms with Gasteiger partial charge in [-0.05, 0) is 42.5 Å². The third-order valence-corrected chi connectivity index (χ3v) is 5.88. The van der Waals surface area contributed by atoms with Gasteiger partial charge in [-0.2, -0.15) is 0 Å². The fraction of sp³-hybridized carbons (Fsp3) is 0.211. The highest BCUT2D eigenvalue weighted by molar-refractivity contribution is 7.20. The zero-order valence-corrected chi connectivity index (χ0v) is 15.5. The van der Waals surface area contributed by atoms with E-state index in [0.29, 0.717) is 17.3 Å². The quantitative estimate of drug-likeness (QED) is 0.677. The molecule has 0 radical (unpaired) electrons. The molecular weight excluding hydrogens is 366 g/mol. The minimum Gasteiger partial charge on any atom is -0.349 e. The van der Waals surface area contributed by atoms with Crippen molar-refractivity contribution >= 4 is 40.2 Å². The van der Waals surface area contributed by atoms with Gasteiger partial charge in [-0.15, -0.1) is 22.7 Å². The van der Waals surface area contributed by atoms with Gasteiger partial charge in [0.15, 0.2) is 0 Å². The molecule has 0 saturated heterocycles. The largest absolute Gasteiger partial charge is 0.349 e. The minimum atomic E-state index is -0.146. The van der Waals surface area contributed by atoms with Gasteiger partial charge in [0, 0.05) is 22.7 Å². The molecule has 1 aromatic carbocycles. The van der Waals surface area contributed by atoms with Crippen molar-refractivity contribution in [2.45, 2.75) is 25.3 Å². The molecule has 1 fully saturated rings. The van der Waals surface area contributed by atoms with Crippen LogP contribution in [0.15, 0.2) is 47.2 Å². The zero-order valence-electron chi connectivity index (χ0n) is 13.9. The van der Waals surface area contributed by atoms with Crippen molar-refractivity contribution in [2.75, 3.05) is 5.32 Å². The molecule has 2 amide bonds. The van der Waals surface area contributed by atoms with Crippen molar-refractivity contribution in [1.82, 2.24) is 10.3 Å². The Hall–Kier alpha value is -2.51. The summed E-state index contributed by atoms with van der Waals surface area (Å²) in [6.45, 7) is 0. The molecule has 0 spiro atoms.